The molecular formula is C15H24N2O3. The molecule has 0 saturated heterocycles. The highest BCUT2D eigenvalue weighted by Crippen LogP contribution is 2.20. The summed E-state index contributed by atoms with van der Waals surface area (Å²) in [6, 6.07) is 7.27. The van der Waals surface area contributed by atoms with Crippen LogP contribution in [-0.4, -0.2) is 53.9 Å². The van der Waals surface area contributed by atoms with Crippen LogP contribution in [0.25, 0.3) is 0 Å². The van der Waals surface area contributed by atoms with Crippen molar-refractivity contribution in [3.05, 3.63) is 35.4 Å². The van der Waals surface area contributed by atoms with Gasteiger partial charge in [0.1, 0.15) is 6.04 Å². The minimum Gasteiger partial charge on any atom is -0.394 e. The summed E-state index contributed by atoms with van der Waals surface area (Å²) in [6.07, 6.45) is 0. The highest BCUT2D eigenvalue weighted by molar-refractivity contribution is 5.83. The quantitative estimate of drug-likeness (QED) is 0.708. The van der Waals surface area contributed by atoms with E-state index in [1.807, 2.05) is 45.3 Å². The molecule has 0 spiro atoms. The summed E-state index contributed by atoms with van der Waals surface area (Å²) in [5.41, 5.74) is 0.981. The lowest BCUT2D eigenvalue weighted by Gasteiger charge is -2.31. The Hall–Kier alpha value is -1.43. The maximum absolute atomic E-state index is 12.4. The molecule has 5 heteroatoms. The molecule has 0 fully saturated rings. The van der Waals surface area contributed by atoms with Crippen LogP contribution in [-0.2, 0) is 4.79 Å². The Kier molecular flexibility index (Phi) is 5.68. The van der Waals surface area contributed by atoms with E-state index in [1.54, 1.807) is 11.8 Å². The van der Waals surface area contributed by atoms with E-state index in [1.165, 1.54) is 0 Å². The average molecular weight is 280 g/mol. The molecule has 1 rings (SSSR count). The fourth-order valence-electron chi connectivity index (χ4n) is 1.93. The second-order valence-corrected chi connectivity index (χ2v) is 5.64. The number of carbonyl (C=O) groups excluding carboxylic acids is 1. The Morgan fingerprint density at radius 1 is 1.25 bits per heavy atom. The number of aliphatic hydroxyl groups excluding tert-OH is 2. The molecule has 1 amide bonds. The summed E-state index contributed by atoms with van der Waals surface area (Å²) in [4.78, 5) is 14.2. The van der Waals surface area contributed by atoms with Crippen LogP contribution < -0.4 is 5.32 Å². The molecule has 0 aliphatic carbocycles. The van der Waals surface area contributed by atoms with E-state index >= 15 is 0 Å². The number of nitrogens with zero attached hydrogens (tertiary/aromatic N) is 1. The van der Waals surface area contributed by atoms with Crippen molar-refractivity contribution in [1.29, 1.82) is 0 Å². The summed E-state index contributed by atoms with van der Waals surface area (Å²) in [5.74, 6) is -0.246. The highest BCUT2D eigenvalue weighted by atomic mass is 16.3. The van der Waals surface area contributed by atoms with Gasteiger partial charge in [-0.15, -0.1) is 0 Å². The van der Waals surface area contributed by atoms with Crippen LogP contribution in [0.3, 0.4) is 0 Å². The topological polar surface area (TPSA) is 72.8 Å². The van der Waals surface area contributed by atoms with Crippen molar-refractivity contribution in [3.63, 3.8) is 0 Å². The molecule has 1 atom stereocenters. The predicted molar refractivity (Wildman–Crippen MR) is 78.3 cm³/mol. The van der Waals surface area contributed by atoms with Crippen molar-refractivity contribution in [3.8, 4) is 0 Å². The van der Waals surface area contributed by atoms with Crippen molar-refractivity contribution in [2.75, 3.05) is 27.3 Å². The largest absolute Gasteiger partial charge is 0.394 e. The van der Waals surface area contributed by atoms with Crippen molar-refractivity contribution in [2.45, 2.75) is 25.4 Å². The van der Waals surface area contributed by atoms with Crippen LogP contribution in [0.15, 0.2) is 24.3 Å². The lowest BCUT2D eigenvalue weighted by atomic mass is 10.0. The average Bonchev–Trinajstić information content (AvgIpc) is 2.40. The third kappa shape index (κ3) is 4.03. The fraction of sp³-hybridized carbons (Fsp3) is 0.533. The summed E-state index contributed by atoms with van der Waals surface area (Å²) < 4.78 is 0. The van der Waals surface area contributed by atoms with Gasteiger partial charge in [-0.2, -0.15) is 0 Å². The molecule has 0 bridgehead atoms. The maximum Gasteiger partial charge on any atom is 0.242 e. The molecule has 0 saturated carbocycles. The molecule has 5 nitrogen and oxygen atoms in total. The first kappa shape index (κ1) is 16.6. The minimum atomic E-state index is -1.02. The Balaban J connectivity index is 2.97. The van der Waals surface area contributed by atoms with E-state index in [0.717, 1.165) is 11.1 Å². The summed E-state index contributed by atoms with van der Waals surface area (Å²) in [5, 5.41) is 21.3. The molecular weight excluding hydrogens is 256 g/mol. The van der Waals surface area contributed by atoms with Gasteiger partial charge in [0.2, 0.25) is 5.91 Å². The SMILES string of the molecule is Cc1ccc(C(C(=O)NC(C)(CO)CO)N(C)C)cc1. The number of amides is 1. The first-order valence-electron chi connectivity index (χ1n) is 6.60. The highest BCUT2D eigenvalue weighted by Gasteiger charge is 2.30. The molecule has 0 radical (unpaired) electrons. The minimum absolute atomic E-state index is 0.246. The zero-order valence-electron chi connectivity index (χ0n) is 12.6. The van der Waals surface area contributed by atoms with Crippen molar-refractivity contribution in [1.82, 2.24) is 10.2 Å². The molecule has 112 valence electrons. The van der Waals surface area contributed by atoms with E-state index in [9.17, 15) is 15.0 Å². The molecule has 1 aromatic rings. The van der Waals surface area contributed by atoms with Crippen molar-refractivity contribution < 1.29 is 15.0 Å². The van der Waals surface area contributed by atoms with Gasteiger partial charge in [0.15, 0.2) is 0 Å². The molecule has 3 N–H and O–H groups in total. The van der Waals surface area contributed by atoms with E-state index < -0.39 is 11.6 Å². The van der Waals surface area contributed by atoms with Crippen LogP contribution in [0.1, 0.15) is 24.1 Å². The summed E-state index contributed by atoms with van der Waals surface area (Å²) in [6.45, 7) is 2.96. The lowest BCUT2D eigenvalue weighted by Crippen LogP contribution is -2.54. The third-order valence-electron chi connectivity index (χ3n) is 3.28. The van der Waals surface area contributed by atoms with E-state index in [4.69, 9.17) is 0 Å². The van der Waals surface area contributed by atoms with Gasteiger partial charge in [-0.1, -0.05) is 29.8 Å². The first-order chi connectivity index (χ1) is 9.33. The van der Waals surface area contributed by atoms with Crippen LogP contribution >= 0.6 is 0 Å². The lowest BCUT2D eigenvalue weighted by molar-refractivity contribution is -0.128. The van der Waals surface area contributed by atoms with Crippen LogP contribution in [0, 0.1) is 6.92 Å². The van der Waals surface area contributed by atoms with E-state index in [0.29, 0.717) is 0 Å². The second-order valence-electron chi connectivity index (χ2n) is 5.64. The number of rotatable bonds is 6. The normalized spacial score (nSPS) is 13.3. The number of hydrogen-bond acceptors (Lipinski definition) is 4. The molecule has 1 unspecified atom stereocenters. The summed E-state index contributed by atoms with van der Waals surface area (Å²) in [7, 11) is 3.64. The van der Waals surface area contributed by atoms with Crippen LogP contribution in [0.2, 0.25) is 0 Å². The van der Waals surface area contributed by atoms with Gasteiger partial charge in [-0.05, 0) is 33.5 Å². The van der Waals surface area contributed by atoms with Gasteiger partial charge in [0.25, 0.3) is 0 Å². The van der Waals surface area contributed by atoms with Gasteiger partial charge in [-0.3, -0.25) is 9.69 Å². The second kappa shape index (κ2) is 6.83. The molecule has 20 heavy (non-hydrogen) atoms. The van der Waals surface area contributed by atoms with Gasteiger partial charge in [0.05, 0.1) is 18.8 Å². The number of hydrogen-bond donors (Lipinski definition) is 3. The molecule has 0 aliphatic heterocycles. The number of aliphatic hydroxyl groups is 2. The number of benzene rings is 1. The first-order valence-corrected chi connectivity index (χ1v) is 6.60. The Morgan fingerprint density at radius 3 is 2.15 bits per heavy atom. The van der Waals surface area contributed by atoms with Crippen LogP contribution in [0.4, 0.5) is 0 Å². The molecule has 0 aromatic heterocycles. The number of likely N-dealkylation sites (N-methyl/N-ethyl adjacent to an activating group) is 1. The monoisotopic (exact) mass is 280 g/mol. The van der Waals surface area contributed by atoms with E-state index in [2.05, 4.69) is 5.32 Å². The summed E-state index contributed by atoms with van der Waals surface area (Å²) >= 11 is 0. The smallest absolute Gasteiger partial charge is 0.242 e. The number of nitrogens with one attached hydrogen (secondary N) is 1. The standard InChI is InChI=1S/C15H24N2O3/c1-11-5-7-12(8-6-11)13(17(3)4)14(20)16-15(2,9-18)10-19/h5-8,13,18-19H,9-10H2,1-4H3,(H,16,20). The zero-order valence-corrected chi connectivity index (χ0v) is 12.6. The molecule has 1 aromatic carbocycles. The fourth-order valence-corrected chi connectivity index (χ4v) is 1.93. The Bertz CT molecular complexity index is 439. The predicted octanol–water partition coefficient (Wildman–Crippen LogP) is 0.457. The van der Waals surface area contributed by atoms with Crippen molar-refractivity contribution >= 4 is 5.91 Å². The van der Waals surface area contributed by atoms with Gasteiger partial charge in [0, 0.05) is 0 Å². The molecule has 0 heterocycles. The Labute approximate surface area is 120 Å². The van der Waals surface area contributed by atoms with Crippen molar-refractivity contribution in [2.24, 2.45) is 0 Å². The zero-order chi connectivity index (χ0) is 15.3. The van der Waals surface area contributed by atoms with Gasteiger partial charge < -0.3 is 15.5 Å². The van der Waals surface area contributed by atoms with Crippen LogP contribution in [0.5, 0.6) is 0 Å². The van der Waals surface area contributed by atoms with Gasteiger partial charge >= 0.3 is 0 Å². The maximum atomic E-state index is 12.4. The number of aryl methyl sites for hydroxylation is 1. The third-order valence-corrected chi connectivity index (χ3v) is 3.28. The van der Waals surface area contributed by atoms with E-state index in [-0.39, 0.29) is 19.1 Å². The Morgan fingerprint density at radius 2 is 1.75 bits per heavy atom. The molecule has 0 aliphatic rings. The number of carbonyl (C=O) groups is 1. The van der Waals surface area contributed by atoms with Gasteiger partial charge in [-0.25, -0.2) is 0 Å².